The Hall–Kier alpha value is -0.930. The normalized spacial score (nSPS) is 12.0. The second-order valence-electron chi connectivity index (χ2n) is 3.74. The van der Waals surface area contributed by atoms with Crippen LogP contribution >= 0.6 is 23.2 Å². The van der Waals surface area contributed by atoms with E-state index in [4.69, 9.17) is 27.9 Å². The van der Waals surface area contributed by atoms with Crippen molar-refractivity contribution in [3.63, 3.8) is 0 Å². The lowest BCUT2D eigenvalue weighted by Gasteiger charge is -2.12. The minimum absolute atomic E-state index is 0.0651. The van der Waals surface area contributed by atoms with Gasteiger partial charge in [0.1, 0.15) is 5.75 Å². The quantitative estimate of drug-likeness (QED) is 0.896. The Balaban J connectivity index is 2.50. The Morgan fingerprint density at radius 2 is 2.18 bits per heavy atom. The van der Waals surface area contributed by atoms with Crippen LogP contribution in [-0.2, 0) is 4.79 Å². The SMILES string of the molecule is CC[C@@H](C)NC(=O)COc1cc(Cl)ccc1Cl. The molecule has 0 bridgehead atoms. The first-order chi connectivity index (χ1) is 8.02. The maximum Gasteiger partial charge on any atom is 0.258 e. The molecule has 0 saturated carbocycles. The summed E-state index contributed by atoms with van der Waals surface area (Å²) in [6.45, 7) is 3.87. The summed E-state index contributed by atoms with van der Waals surface area (Å²) in [6, 6.07) is 5.02. The van der Waals surface area contributed by atoms with Crippen molar-refractivity contribution in [3.05, 3.63) is 28.2 Å². The molecule has 0 aliphatic rings. The fourth-order valence-corrected chi connectivity index (χ4v) is 1.48. The van der Waals surface area contributed by atoms with Crippen molar-refractivity contribution in [2.45, 2.75) is 26.3 Å². The number of carbonyl (C=O) groups is 1. The second kappa shape index (κ2) is 6.72. The Bertz CT molecular complexity index is 396. The first kappa shape index (κ1) is 14.1. The van der Waals surface area contributed by atoms with Crippen LogP contribution in [0.25, 0.3) is 0 Å². The number of benzene rings is 1. The minimum Gasteiger partial charge on any atom is -0.482 e. The fraction of sp³-hybridized carbons (Fsp3) is 0.417. The average molecular weight is 276 g/mol. The molecule has 17 heavy (non-hydrogen) atoms. The molecule has 1 atom stereocenters. The van der Waals surface area contributed by atoms with Gasteiger partial charge >= 0.3 is 0 Å². The van der Waals surface area contributed by atoms with Crippen molar-refractivity contribution < 1.29 is 9.53 Å². The highest BCUT2D eigenvalue weighted by molar-refractivity contribution is 6.34. The van der Waals surface area contributed by atoms with Crippen LogP contribution in [0.15, 0.2) is 18.2 Å². The van der Waals surface area contributed by atoms with E-state index in [2.05, 4.69) is 5.32 Å². The highest BCUT2D eigenvalue weighted by Gasteiger charge is 2.08. The molecule has 3 nitrogen and oxygen atoms in total. The molecule has 0 saturated heterocycles. The molecule has 0 radical (unpaired) electrons. The van der Waals surface area contributed by atoms with Crippen molar-refractivity contribution in [2.24, 2.45) is 0 Å². The van der Waals surface area contributed by atoms with Crippen LogP contribution in [0.5, 0.6) is 5.75 Å². The number of halogens is 2. The van der Waals surface area contributed by atoms with Crippen LogP contribution in [0, 0.1) is 0 Å². The molecule has 1 aromatic rings. The van der Waals surface area contributed by atoms with E-state index in [1.165, 1.54) is 0 Å². The Kier molecular flexibility index (Phi) is 5.59. The first-order valence-corrected chi connectivity index (χ1v) is 6.15. The molecular formula is C12H15Cl2NO2. The maximum atomic E-state index is 11.5. The largest absolute Gasteiger partial charge is 0.482 e. The number of nitrogens with one attached hydrogen (secondary N) is 1. The van der Waals surface area contributed by atoms with Crippen molar-refractivity contribution in [1.29, 1.82) is 0 Å². The fourth-order valence-electron chi connectivity index (χ4n) is 1.15. The molecule has 0 aromatic heterocycles. The lowest BCUT2D eigenvalue weighted by molar-refractivity contribution is -0.123. The third-order valence-electron chi connectivity index (χ3n) is 2.27. The highest BCUT2D eigenvalue weighted by atomic mass is 35.5. The third kappa shape index (κ3) is 4.84. The Labute approximate surface area is 111 Å². The molecule has 94 valence electrons. The summed E-state index contributed by atoms with van der Waals surface area (Å²) in [5.41, 5.74) is 0. The van der Waals surface area contributed by atoms with E-state index in [1.807, 2.05) is 13.8 Å². The number of carbonyl (C=O) groups excluding carboxylic acids is 1. The summed E-state index contributed by atoms with van der Waals surface area (Å²) in [5.74, 6) is 0.244. The van der Waals surface area contributed by atoms with E-state index >= 15 is 0 Å². The summed E-state index contributed by atoms with van der Waals surface area (Å²) in [5, 5.41) is 3.75. The van der Waals surface area contributed by atoms with Crippen LogP contribution in [-0.4, -0.2) is 18.6 Å². The molecule has 1 amide bonds. The van der Waals surface area contributed by atoms with Gasteiger partial charge in [-0.2, -0.15) is 0 Å². The van der Waals surface area contributed by atoms with Crippen LogP contribution in [0.2, 0.25) is 10.0 Å². The number of hydrogen-bond acceptors (Lipinski definition) is 2. The van der Waals surface area contributed by atoms with Gasteiger partial charge in [-0.15, -0.1) is 0 Å². The second-order valence-corrected chi connectivity index (χ2v) is 4.58. The lowest BCUT2D eigenvalue weighted by Crippen LogP contribution is -2.35. The van der Waals surface area contributed by atoms with Crippen LogP contribution in [0.1, 0.15) is 20.3 Å². The molecule has 0 aliphatic carbocycles. The number of rotatable bonds is 5. The Morgan fingerprint density at radius 3 is 2.82 bits per heavy atom. The molecule has 1 N–H and O–H groups in total. The summed E-state index contributed by atoms with van der Waals surface area (Å²) >= 11 is 11.7. The zero-order valence-electron chi connectivity index (χ0n) is 9.80. The zero-order chi connectivity index (χ0) is 12.8. The number of hydrogen-bond donors (Lipinski definition) is 1. The predicted octanol–water partition coefficient (Wildman–Crippen LogP) is 3.29. The van der Waals surface area contributed by atoms with E-state index in [0.29, 0.717) is 15.8 Å². The van der Waals surface area contributed by atoms with Crippen LogP contribution in [0.4, 0.5) is 0 Å². The molecule has 0 heterocycles. The summed E-state index contributed by atoms with van der Waals surface area (Å²) in [6.07, 6.45) is 0.879. The minimum atomic E-state index is -0.171. The zero-order valence-corrected chi connectivity index (χ0v) is 11.3. The van der Waals surface area contributed by atoms with Gasteiger partial charge in [-0.05, 0) is 25.5 Å². The molecular weight excluding hydrogens is 261 g/mol. The lowest BCUT2D eigenvalue weighted by atomic mass is 10.2. The van der Waals surface area contributed by atoms with E-state index in [0.717, 1.165) is 6.42 Å². The van der Waals surface area contributed by atoms with Gasteiger partial charge in [0.15, 0.2) is 6.61 Å². The summed E-state index contributed by atoms with van der Waals surface area (Å²) < 4.78 is 5.30. The van der Waals surface area contributed by atoms with Crippen molar-refractivity contribution in [2.75, 3.05) is 6.61 Å². The van der Waals surface area contributed by atoms with E-state index in [9.17, 15) is 4.79 Å². The van der Waals surface area contributed by atoms with Gasteiger partial charge in [0.05, 0.1) is 5.02 Å². The van der Waals surface area contributed by atoms with Gasteiger partial charge in [-0.1, -0.05) is 30.1 Å². The average Bonchev–Trinajstić information content (AvgIpc) is 2.30. The van der Waals surface area contributed by atoms with Gasteiger partial charge in [0, 0.05) is 17.1 Å². The molecule has 0 fully saturated rings. The Morgan fingerprint density at radius 1 is 1.47 bits per heavy atom. The first-order valence-electron chi connectivity index (χ1n) is 5.40. The summed E-state index contributed by atoms with van der Waals surface area (Å²) in [7, 11) is 0. The van der Waals surface area contributed by atoms with Gasteiger partial charge in [0.25, 0.3) is 5.91 Å². The third-order valence-corrected chi connectivity index (χ3v) is 2.82. The van der Waals surface area contributed by atoms with Gasteiger partial charge < -0.3 is 10.1 Å². The van der Waals surface area contributed by atoms with Crippen molar-refractivity contribution in [3.8, 4) is 5.75 Å². The van der Waals surface area contributed by atoms with Crippen molar-refractivity contribution in [1.82, 2.24) is 5.32 Å². The van der Waals surface area contributed by atoms with E-state index in [-0.39, 0.29) is 18.6 Å². The smallest absolute Gasteiger partial charge is 0.258 e. The standard InChI is InChI=1S/C12H15Cl2NO2/c1-3-8(2)15-12(16)7-17-11-6-9(13)4-5-10(11)14/h4-6,8H,3,7H2,1-2H3,(H,15,16)/t8-/m1/s1. The number of ether oxygens (including phenoxy) is 1. The van der Waals surface area contributed by atoms with Crippen molar-refractivity contribution >= 4 is 29.1 Å². The molecule has 1 aromatic carbocycles. The van der Waals surface area contributed by atoms with E-state index < -0.39 is 0 Å². The molecule has 5 heteroatoms. The van der Waals surface area contributed by atoms with E-state index in [1.54, 1.807) is 18.2 Å². The summed E-state index contributed by atoms with van der Waals surface area (Å²) in [4.78, 5) is 11.5. The highest BCUT2D eigenvalue weighted by Crippen LogP contribution is 2.27. The maximum absolute atomic E-state index is 11.5. The molecule has 0 unspecified atom stereocenters. The van der Waals surface area contributed by atoms with Gasteiger partial charge in [-0.25, -0.2) is 0 Å². The molecule has 0 spiro atoms. The topological polar surface area (TPSA) is 38.3 Å². The van der Waals surface area contributed by atoms with Crippen LogP contribution < -0.4 is 10.1 Å². The predicted molar refractivity (Wildman–Crippen MR) is 69.9 cm³/mol. The van der Waals surface area contributed by atoms with Crippen LogP contribution in [0.3, 0.4) is 0 Å². The number of amides is 1. The molecule has 0 aliphatic heterocycles. The molecule has 1 rings (SSSR count). The van der Waals surface area contributed by atoms with Gasteiger partial charge in [0.2, 0.25) is 0 Å². The monoisotopic (exact) mass is 275 g/mol. The van der Waals surface area contributed by atoms with Gasteiger partial charge in [-0.3, -0.25) is 4.79 Å².